The number of imidazole rings is 1. The predicted molar refractivity (Wildman–Crippen MR) is 119 cm³/mol. The molecule has 0 aliphatic rings. The summed E-state index contributed by atoms with van der Waals surface area (Å²) in [5.41, 5.74) is 4.10. The van der Waals surface area contributed by atoms with Crippen molar-refractivity contribution in [1.82, 2.24) is 24.1 Å². The van der Waals surface area contributed by atoms with Gasteiger partial charge in [-0.05, 0) is 55.0 Å². The number of thioether (sulfide) groups is 1. The van der Waals surface area contributed by atoms with Gasteiger partial charge in [0.1, 0.15) is 17.2 Å². The molecule has 0 amide bonds. The quantitative estimate of drug-likeness (QED) is 0.343. The van der Waals surface area contributed by atoms with E-state index in [-0.39, 0.29) is 0 Å². The van der Waals surface area contributed by atoms with Gasteiger partial charge in [-0.1, -0.05) is 17.8 Å². The minimum atomic E-state index is 0.550. The number of hydrogen-bond donors (Lipinski definition) is 0. The lowest BCUT2D eigenvalue weighted by atomic mass is 10.2. The van der Waals surface area contributed by atoms with Crippen LogP contribution in [0.2, 0.25) is 0 Å². The topological polar surface area (TPSA) is 70.4 Å². The monoisotopic (exact) mass is 431 g/mol. The summed E-state index contributed by atoms with van der Waals surface area (Å²) in [5.74, 6) is 3.13. The molecule has 156 valence electrons. The molecule has 0 aliphatic carbocycles. The maximum atomic E-state index is 5.58. The third kappa shape index (κ3) is 3.94. The Morgan fingerprint density at radius 2 is 1.94 bits per heavy atom. The molecule has 5 rings (SSSR count). The zero-order chi connectivity index (χ0) is 21.2. The second-order valence-electron chi connectivity index (χ2n) is 7.14. The van der Waals surface area contributed by atoms with Gasteiger partial charge in [-0.2, -0.15) is 0 Å². The highest BCUT2D eigenvalue weighted by Gasteiger charge is 2.17. The number of fused-ring (bicyclic) bond motifs is 1. The smallest absolute Gasteiger partial charge is 0.192 e. The number of hydrogen-bond acceptors (Lipinski definition) is 6. The highest BCUT2D eigenvalue weighted by molar-refractivity contribution is 7.98. The zero-order valence-electron chi connectivity index (χ0n) is 17.2. The fourth-order valence-corrected chi connectivity index (χ4v) is 4.28. The van der Waals surface area contributed by atoms with Crippen molar-refractivity contribution in [3.63, 3.8) is 0 Å². The molecule has 5 aromatic rings. The zero-order valence-corrected chi connectivity index (χ0v) is 18.0. The van der Waals surface area contributed by atoms with Crippen LogP contribution >= 0.6 is 11.8 Å². The van der Waals surface area contributed by atoms with Gasteiger partial charge < -0.3 is 13.6 Å². The number of pyridine rings is 1. The summed E-state index contributed by atoms with van der Waals surface area (Å²) in [6, 6.07) is 15.8. The number of benzene rings is 1. The van der Waals surface area contributed by atoms with Gasteiger partial charge in [0.15, 0.2) is 11.0 Å². The van der Waals surface area contributed by atoms with E-state index >= 15 is 0 Å². The highest BCUT2D eigenvalue weighted by atomic mass is 32.2. The molecule has 0 spiro atoms. The Kier molecular flexibility index (Phi) is 5.21. The Labute approximate surface area is 183 Å². The summed E-state index contributed by atoms with van der Waals surface area (Å²) in [4.78, 5) is 4.77. The summed E-state index contributed by atoms with van der Waals surface area (Å²) >= 11 is 1.61. The molecule has 0 atom stereocenters. The van der Waals surface area contributed by atoms with Gasteiger partial charge in [-0.15, -0.1) is 10.2 Å². The van der Waals surface area contributed by atoms with Crippen molar-refractivity contribution in [2.75, 3.05) is 7.11 Å². The first kappa shape index (κ1) is 19.4. The van der Waals surface area contributed by atoms with E-state index < -0.39 is 0 Å². The molecular formula is C23H21N5O2S. The molecule has 8 heteroatoms. The van der Waals surface area contributed by atoms with Crippen molar-refractivity contribution >= 4 is 17.4 Å². The number of ether oxygens (including phenoxy) is 1. The van der Waals surface area contributed by atoms with E-state index in [1.54, 1.807) is 25.1 Å². The molecule has 1 aromatic carbocycles. The predicted octanol–water partition coefficient (Wildman–Crippen LogP) is 4.84. The second kappa shape index (κ2) is 8.31. The summed E-state index contributed by atoms with van der Waals surface area (Å²) in [6.45, 7) is 2.62. The number of rotatable bonds is 7. The van der Waals surface area contributed by atoms with E-state index in [1.165, 1.54) is 0 Å². The van der Waals surface area contributed by atoms with Crippen molar-refractivity contribution < 1.29 is 9.15 Å². The van der Waals surface area contributed by atoms with E-state index in [0.29, 0.717) is 12.3 Å². The summed E-state index contributed by atoms with van der Waals surface area (Å²) in [6.07, 6.45) is 5.76. The fraction of sp³-hybridized carbons (Fsp3) is 0.174. The van der Waals surface area contributed by atoms with E-state index in [0.717, 1.165) is 45.0 Å². The van der Waals surface area contributed by atoms with Gasteiger partial charge in [-0.25, -0.2) is 4.98 Å². The van der Waals surface area contributed by atoms with Crippen LogP contribution in [0.25, 0.3) is 17.0 Å². The minimum Gasteiger partial charge on any atom is -0.497 e. The lowest BCUT2D eigenvalue weighted by Crippen LogP contribution is -2.03. The molecule has 0 saturated carbocycles. The Balaban J connectivity index is 1.45. The molecule has 0 saturated heterocycles. The lowest BCUT2D eigenvalue weighted by molar-refractivity contribution is 0.415. The van der Waals surface area contributed by atoms with Gasteiger partial charge >= 0.3 is 0 Å². The first-order valence-corrected chi connectivity index (χ1v) is 10.9. The van der Waals surface area contributed by atoms with Crippen molar-refractivity contribution in [2.24, 2.45) is 0 Å². The van der Waals surface area contributed by atoms with E-state index in [9.17, 15) is 0 Å². The average molecular weight is 432 g/mol. The molecule has 4 aromatic heterocycles. The van der Waals surface area contributed by atoms with Crippen LogP contribution in [0.1, 0.15) is 17.0 Å². The molecule has 0 radical (unpaired) electrons. The molecule has 0 aliphatic heterocycles. The summed E-state index contributed by atoms with van der Waals surface area (Å²) in [7, 11) is 1.66. The largest absolute Gasteiger partial charge is 0.497 e. The number of aromatic nitrogens is 5. The van der Waals surface area contributed by atoms with Crippen LogP contribution in [-0.4, -0.2) is 31.3 Å². The Bertz CT molecular complexity index is 1310. The minimum absolute atomic E-state index is 0.550. The number of aryl methyl sites for hydroxylation is 1. The van der Waals surface area contributed by atoms with Crippen LogP contribution in [0.4, 0.5) is 0 Å². The van der Waals surface area contributed by atoms with Crippen molar-refractivity contribution in [2.45, 2.75) is 24.4 Å². The number of furan rings is 1. The Hall–Kier alpha value is -3.52. The van der Waals surface area contributed by atoms with Crippen LogP contribution in [0.3, 0.4) is 0 Å². The van der Waals surface area contributed by atoms with Crippen LogP contribution < -0.4 is 4.74 Å². The average Bonchev–Trinajstić information content (AvgIpc) is 3.53. The van der Waals surface area contributed by atoms with Crippen molar-refractivity contribution in [1.29, 1.82) is 0 Å². The molecular weight excluding hydrogens is 410 g/mol. The second-order valence-corrected chi connectivity index (χ2v) is 8.09. The normalized spacial score (nSPS) is 11.3. The van der Waals surface area contributed by atoms with Crippen LogP contribution in [0, 0.1) is 6.92 Å². The third-order valence-corrected chi connectivity index (χ3v) is 6.04. The lowest BCUT2D eigenvalue weighted by Gasteiger charge is -2.09. The molecule has 0 unspecified atom stereocenters. The molecule has 0 bridgehead atoms. The van der Waals surface area contributed by atoms with E-state index in [2.05, 4.69) is 38.4 Å². The standard InChI is InChI=1S/C23H21N5O2S/c1-16-5-3-11-27-13-18(24-21(16)27)15-31-23-26-25-22(17-7-9-19(29-2)10-8-17)28(23)14-20-6-4-12-30-20/h3-13H,14-15H2,1-2H3. The van der Waals surface area contributed by atoms with Gasteiger partial charge in [0.25, 0.3) is 0 Å². The third-order valence-electron chi connectivity index (χ3n) is 5.04. The van der Waals surface area contributed by atoms with Crippen molar-refractivity contribution in [3.05, 3.63) is 84.2 Å². The molecule has 0 N–H and O–H groups in total. The molecule has 31 heavy (non-hydrogen) atoms. The first-order chi connectivity index (χ1) is 15.2. The SMILES string of the molecule is COc1ccc(-c2nnc(SCc3cn4cccc(C)c4n3)n2Cc2ccco2)cc1. The van der Waals surface area contributed by atoms with Crippen LogP contribution in [-0.2, 0) is 12.3 Å². The van der Waals surface area contributed by atoms with E-state index in [1.807, 2.05) is 48.7 Å². The molecule has 4 heterocycles. The summed E-state index contributed by atoms with van der Waals surface area (Å²) < 4.78 is 15.0. The van der Waals surface area contributed by atoms with Crippen LogP contribution in [0.5, 0.6) is 5.75 Å². The van der Waals surface area contributed by atoms with Crippen molar-refractivity contribution in [3.8, 4) is 17.1 Å². The number of nitrogens with zero attached hydrogens (tertiary/aromatic N) is 5. The highest BCUT2D eigenvalue weighted by Crippen LogP contribution is 2.28. The Morgan fingerprint density at radius 3 is 2.68 bits per heavy atom. The number of methoxy groups -OCH3 is 1. The molecule has 0 fully saturated rings. The first-order valence-electron chi connectivity index (χ1n) is 9.87. The Morgan fingerprint density at radius 1 is 1.06 bits per heavy atom. The fourth-order valence-electron chi connectivity index (χ4n) is 3.46. The summed E-state index contributed by atoms with van der Waals surface area (Å²) in [5, 5.41) is 9.76. The molecule has 7 nitrogen and oxygen atoms in total. The maximum absolute atomic E-state index is 5.58. The van der Waals surface area contributed by atoms with E-state index in [4.69, 9.17) is 14.1 Å². The van der Waals surface area contributed by atoms with Crippen LogP contribution in [0.15, 0.2) is 76.8 Å². The van der Waals surface area contributed by atoms with Gasteiger partial charge in [0.05, 0.1) is 25.6 Å². The van der Waals surface area contributed by atoms with Gasteiger partial charge in [0.2, 0.25) is 0 Å². The van der Waals surface area contributed by atoms with Gasteiger partial charge in [-0.3, -0.25) is 4.57 Å². The maximum Gasteiger partial charge on any atom is 0.192 e. The van der Waals surface area contributed by atoms with Gasteiger partial charge in [0, 0.05) is 23.7 Å².